The van der Waals surface area contributed by atoms with Crippen LogP contribution in [0.1, 0.15) is 40.1 Å². The summed E-state index contributed by atoms with van der Waals surface area (Å²) < 4.78 is 5.92. The zero-order valence-electron chi connectivity index (χ0n) is 14.0. The Balaban J connectivity index is 1.65. The number of aryl methyl sites for hydroxylation is 2. The maximum atomic E-state index is 12.2. The Bertz CT molecular complexity index is 1020. The number of benzene rings is 2. The maximum Gasteiger partial charge on any atom is 0.272 e. The lowest BCUT2D eigenvalue weighted by molar-refractivity contribution is 0.0955. The highest BCUT2D eigenvalue weighted by atomic mass is 35.5. The Hall–Kier alpha value is -2.79. The van der Waals surface area contributed by atoms with Crippen molar-refractivity contribution in [2.45, 2.75) is 25.7 Å². The number of hydrogen-bond acceptors (Lipinski definition) is 4. The van der Waals surface area contributed by atoms with Crippen molar-refractivity contribution in [3.8, 4) is 5.75 Å². The van der Waals surface area contributed by atoms with Gasteiger partial charge in [0.2, 0.25) is 0 Å². The third kappa shape index (κ3) is 2.95. The lowest BCUT2D eigenvalue weighted by Crippen LogP contribution is -2.18. The van der Waals surface area contributed by atoms with Gasteiger partial charge in [-0.25, -0.2) is 5.43 Å². The smallest absolute Gasteiger partial charge is 0.272 e. The van der Waals surface area contributed by atoms with Gasteiger partial charge in [0.05, 0.1) is 16.8 Å². The quantitative estimate of drug-likeness (QED) is 0.530. The SMILES string of the molecule is O=C(N/N=C/c1c(O)ccc2oc3c(c12)CCCC3)c1ccccc1Cl. The van der Waals surface area contributed by atoms with Crippen molar-refractivity contribution in [2.24, 2.45) is 5.10 Å². The molecular formula is C20H17ClN2O3. The highest BCUT2D eigenvalue weighted by molar-refractivity contribution is 6.33. The number of rotatable bonds is 3. The Morgan fingerprint density at radius 1 is 1.19 bits per heavy atom. The van der Waals surface area contributed by atoms with E-state index in [4.69, 9.17) is 16.0 Å². The minimum Gasteiger partial charge on any atom is -0.507 e. The molecule has 0 radical (unpaired) electrons. The van der Waals surface area contributed by atoms with Crippen LogP contribution in [0.15, 0.2) is 45.9 Å². The molecule has 6 heteroatoms. The van der Waals surface area contributed by atoms with E-state index in [1.807, 2.05) is 0 Å². The minimum absolute atomic E-state index is 0.0995. The molecule has 0 bridgehead atoms. The van der Waals surface area contributed by atoms with Crippen LogP contribution >= 0.6 is 11.6 Å². The molecule has 0 atom stereocenters. The molecule has 1 aliphatic rings. The predicted molar refractivity (Wildman–Crippen MR) is 101 cm³/mol. The van der Waals surface area contributed by atoms with Crippen LogP contribution in [-0.4, -0.2) is 17.2 Å². The van der Waals surface area contributed by atoms with Crippen LogP contribution in [0.4, 0.5) is 0 Å². The van der Waals surface area contributed by atoms with Crippen molar-refractivity contribution in [2.75, 3.05) is 0 Å². The lowest BCUT2D eigenvalue weighted by atomic mass is 9.94. The molecular weight excluding hydrogens is 352 g/mol. The van der Waals surface area contributed by atoms with E-state index in [0.717, 1.165) is 48.0 Å². The highest BCUT2D eigenvalue weighted by Crippen LogP contribution is 2.36. The first-order valence-corrected chi connectivity index (χ1v) is 8.87. The van der Waals surface area contributed by atoms with Crippen molar-refractivity contribution < 1.29 is 14.3 Å². The van der Waals surface area contributed by atoms with Crippen molar-refractivity contribution in [1.82, 2.24) is 5.43 Å². The van der Waals surface area contributed by atoms with E-state index >= 15 is 0 Å². The minimum atomic E-state index is -0.410. The Labute approximate surface area is 155 Å². The number of hydrogen-bond donors (Lipinski definition) is 2. The van der Waals surface area contributed by atoms with Gasteiger partial charge in [0.25, 0.3) is 5.91 Å². The second-order valence-corrected chi connectivity index (χ2v) is 6.67. The number of phenols is 1. The number of furan rings is 1. The summed E-state index contributed by atoms with van der Waals surface area (Å²) in [5.41, 5.74) is 5.20. The van der Waals surface area contributed by atoms with Crippen LogP contribution in [0.2, 0.25) is 5.02 Å². The monoisotopic (exact) mass is 368 g/mol. The fourth-order valence-corrected chi connectivity index (χ4v) is 3.59. The number of nitrogens with one attached hydrogen (secondary N) is 1. The van der Waals surface area contributed by atoms with Gasteiger partial charge >= 0.3 is 0 Å². The van der Waals surface area contributed by atoms with Crippen molar-refractivity contribution >= 4 is 34.7 Å². The van der Waals surface area contributed by atoms with Gasteiger partial charge in [-0.1, -0.05) is 23.7 Å². The molecule has 0 spiro atoms. The van der Waals surface area contributed by atoms with Crippen LogP contribution in [0.5, 0.6) is 5.75 Å². The average Bonchev–Trinajstić information content (AvgIpc) is 3.02. The fourth-order valence-electron chi connectivity index (χ4n) is 3.36. The molecule has 0 saturated heterocycles. The van der Waals surface area contributed by atoms with E-state index in [9.17, 15) is 9.90 Å². The Kier molecular flexibility index (Phi) is 4.39. The lowest BCUT2D eigenvalue weighted by Gasteiger charge is -2.09. The van der Waals surface area contributed by atoms with Crippen LogP contribution in [0.3, 0.4) is 0 Å². The molecule has 132 valence electrons. The van der Waals surface area contributed by atoms with Gasteiger partial charge < -0.3 is 9.52 Å². The van der Waals surface area contributed by atoms with Gasteiger partial charge in [-0.2, -0.15) is 5.10 Å². The summed E-state index contributed by atoms with van der Waals surface area (Å²) in [6.45, 7) is 0. The maximum absolute atomic E-state index is 12.2. The summed E-state index contributed by atoms with van der Waals surface area (Å²) in [6.07, 6.45) is 5.48. The summed E-state index contributed by atoms with van der Waals surface area (Å²) in [6, 6.07) is 10.1. The number of halogens is 1. The summed E-state index contributed by atoms with van der Waals surface area (Å²) in [5, 5.41) is 15.5. The van der Waals surface area contributed by atoms with E-state index < -0.39 is 5.91 Å². The van der Waals surface area contributed by atoms with E-state index in [-0.39, 0.29) is 5.75 Å². The largest absolute Gasteiger partial charge is 0.507 e. The number of hydrazone groups is 1. The first-order chi connectivity index (χ1) is 12.6. The zero-order valence-corrected chi connectivity index (χ0v) is 14.7. The Morgan fingerprint density at radius 2 is 2.00 bits per heavy atom. The summed E-state index contributed by atoms with van der Waals surface area (Å²) in [4.78, 5) is 12.2. The molecule has 0 fully saturated rings. The number of carbonyl (C=O) groups excluding carboxylic acids is 1. The van der Waals surface area contributed by atoms with E-state index in [0.29, 0.717) is 16.1 Å². The van der Waals surface area contributed by atoms with Crippen LogP contribution in [0, 0.1) is 0 Å². The van der Waals surface area contributed by atoms with Crippen LogP contribution in [-0.2, 0) is 12.8 Å². The van der Waals surface area contributed by atoms with Crippen LogP contribution in [0.25, 0.3) is 11.0 Å². The standard InChI is InChI=1S/C20H17ClN2O3/c21-15-7-3-1-5-12(15)20(25)23-22-11-14-16(24)9-10-18-19(14)13-6-2-4-8-17(13)26-18/h1,3,5,7,9-11,24H,2,4,6,8H2,(H,23,25)/b22-11+. The second-order valence-electron chi connectivity index (χ2n) is 6.26. The molecule has 2 aromatic carbocycles. The molecule has 2 N–H and O–H groups in total. The molecule has 26 heavy (non-hydrogen) atoms. The van der Waals surface area contributed by atoms with Crippen molar-refractivity contribution in [3.63, 3.8) is 0 Å². The summed E-state index contributed by atoms with van der Waals surface area (Å²) >= 11 is 6.02. The number of amides is 1. The van der Waals surface area contributed by atoms with Gasteiger partial charge in [0, 0.05) is 22.9 Å². The fraction of sp³-hybridized carbons (Fsp3) is 0.200. The number of aromatic hydroxyl groups is 1. The highest BCUT2D eigenvalue weighted by Gasteiger charge is 2.21. The molecule has 1 heterocycles. The Morgan fingerprint density at radius 3 is 2.85 bits per heavy atom. The molecule has 0 aliphatic heterocycles. The first-order valence-electron chi connectivity index (χ1n) is 8.49. The third-order valence-electron chi connectivity index (χ3n) is 4.61. The van der Waals surface area contributed by atoms with Crippen LogP contribution < -0.4 is 5.43 Å². The third-order valence-corrected chi connectivity index (χ3v) is 4.94. The van der Waals surface area contributed by atoms with E-state index in [2.05, 4.69) is 10.5 Å². The van der Waals surface area contributed by atoms with Gasteiger partial charge in [-0.3, -0.25) is 4.79 Å². The summed E-state index contributed by atoms with van der Waals surface area (Å²) in [7, 11) is 0. The normalized spacial score (nSPS) is 13.9. The molecule has 3 aromatic rings. The van der Waals surface area contributed by atoms with Gasteiger partial charge in [0.1, 0.15) is 17.1 Å². The van der Waals surface area contributed by atoms with Crippen molar-refractivity contribution in [3.05, 3.63) is 63.9 Å². The molecule has 0 unspecified atom stereocenters. The summed E-state index contributed by atoms with van der Waals surface area (Å²) in [5.74, 6) is 0.668. The van der Waals surface area contributed by atoms with Gasteiger partial charge in [-0.15, -0.1) is 0 Å². The molecule has 4 rings (SSSR count). The molecule has 5 nitrogen and oxygen atoms in total. The molecule has 0 saturated carbocycles. The number of fused-ring (bicyclic) bond motifs is 3. The second kappa shape index (κ2) is 6.84. The van der Waals surface area contributed by atoms with Crippen molar-refractivity contribution in [1.29, 1.82) is 0 Å². The number of nitrogens with zero attached hydrogens (tertiary/aromatic N) is 1. The zero-order chi connectivity index (χ0) is 18.1. The van der Waals surface area contributed by atoms with Gasteiger partial charge in [-0.05, 0) is 43.5 Å². The molecule has 1 aromatic heterocycles. The predicted octanol–water partition coefficient (Wildman–Crippen LogP) is 4.43. The first kappa shape index (κ1) is 16.7. The topological polar surface area (TPSA) is 74.8 Å². The number of carbonyl (C=O) groups is 1. The number of phenolic OH excluding ortho intramolecular Hbond substituents is 1. The average molecular weight is 369 g/mol. The van der Waals surface area contributed by atoms with Gasteiger partial charge in [0.15, 0.2) is 0 Å². The van der Waals surface area contributed by atoms with E-state index in [1.165, 1.54) is 6.21 Å². The van der Waals surface area contributed by atoms with E-state index in [1.54, 1.807) is 36.4 Å². The molecule has 1 amide bonds. The molecule has 1 aliphatic carbocycles.